The maximum Gasteiger partial charge on any atom is 0.397 e. The van der Waals surface area contributed by atoms with Crippen LogP contribution in [-0.4, -0.2) is 29.5 Å². The van der Waals surface area contributed by atoms with Crippen molar-refractivity contribution in [1.82, 2.24) is 4.57 Å². The predicted octanol–water partition coefficient (Wildman–Crippen LogP) is 2.87. The number of hydrogen-bond acceptors (Lipinski definition) is 6. The molecule has 3 unspecified atom stereocenters. The van der Waals surface area contributed by atoms with Gasteiger partial charge in [-0.3, -0.25) is 13.8 Å². The highest BCUT2D eigenvalue weighted by Crippen LogP contribution is 2.47. The molecule has 0 saturated carbocycles. The van der Waals surface area contributed by atoms with E-state index in [1.54, 1.807) is 0 Å². The Balaban J connectivity index is 1.38. The van der Waals surface area contributed by atoms with Gasteiger partial charge in [0.15, 0.2) is 11.6 Å². The van der Waals surface area contributed by atoms with E-state index in [0.717, 1.165) is 23.8 Å². The van der Waals surface area contributed by atoms with Gasteiger partial charge in [-0.05, 0) is 18.9 Å². The smallest absolute Gasteiger partial charge is 0.397 e. The maximum absolute atomic E-state index is 14.2. The summed E-state index contributed by atoms with van der Waals surface area (Å²) < 4.78 is 38.6. The molecular formula is C18H20FN4O5P. The molecule has 2 aliphatic rings. The highest BCUT2D eigenvalue weighted by Gasteiger charge is 2.33. The molecule has 0 spiro atoms. The van der Waals surface area contributed by atoms with Gasteiger partial charge in [0, 0.05) is 11.8 Å². The van der Waals surface area contributed by atoms with Crippen molar-refractivity contribution < 1.29 is 27.5 Å². The third-order valence-corrected chi connectivity index (χ3v) is 5.68. The quantitative estimate of drug-likeness (QED) is 0.419. The Labute approximate surface area is 167 Å². The van der Waals surface area contributed by atoms with Crippen LogP contribution in [0.25, 0.3) is 0 Å². The number of halogens is 1. The number of fused-ring (bicyclic) bond motifs is 1. The second kappa shape index (κ2) is 8.46. The molecule has 3 heterocycles. The molecule has 1 fully saturated rings. The molecule has 11 heteroatoms. The van der Waals surface area contributed by atoms with Crippen LogP contribution in [0.15, 0.2) is 35.5 Å². The summed E-state index contributed by atoms with van der Waals surface area (Å²) in [6.07, 6.45) is 2.60. The van der Waals surface area contributed by atoms with Crippen LogP contribution in [0.5, 0.6) is 5.75 Å². The van der Waals surface area contributed by atoms with Crippen molar-refractivity contribution in [3.63, 3.8) is 0 Å². The normalized spacial score (nSPS) is 23.8. The zero-order valence-electron chi connectivity index (χ0n) is 15.4. The first-order chi connectivity index (χ1) is 14.1. The molecule has 9 nitrogen and oxygen atoms in total. The number of primary amides is 1. The number of nitrogens with zero attached hydrogens (tertiary/aromatic N) is 2. The van der Waals surface area contributed by atoms with Gasteiger partial charge in [0.25, 0.3) is 5.91 Å². The van der Waals surface area contributed by atoms with Crippen molar-refractivity contribution in [3.05, 3.63) is 47.4 Å². The standard InChI is InChI=1S/C18H20FN4O5P/c19-13-7-23(18(22-10-20)16(13)17(21)24)15-6-5-12(27-15)9-26-29-25-8-11-3-1-2-4-14(11)28-29/h1-4,7,10,12,15H,5-6,8-9H2,(H2,20,22)(H2,21,24). The summed E-state index contributed by atoms with van der Waals surface area (Å²) in [6.45, 7) is 0.682. The van der Waals surface area contributed by atoms with Crippen molar-refractivity contribution in [2.45, 2.75) is 31.8 Å². The van der Waals surface area contributed by atoms with E-state index in [0.29, 0.717) is 19.4 Å². The topological polar surface area (TPSA) is 123 Å². The van der Waals surface area contributed by atoms with Crippen LogP contribution in [-0.2, 0) is 20.4 Å². The lowest BCUT2D eigenvalue weighted by Crippen LogP contribution is -2.17. The summed E-state index contributed by atoms with van der Waals surface area (Å²) in [7, 11) is -1.51. The van der Waals surface area contributed by atoms with Crippen molar-refractivity contribution in [3.8, 4) is 5.75 Å². The number of carbonyl (C=O) groups excluding carboxylic acids is 1. The highest BCUT2D eigenvalue weighted by atomic mass is 31.2. The molecule has 29 heavy (non-hydrogen) atoms. The van der Waals surface area contributed by atoms with Crippen molar-refractivity contribution in [2.24, 2.45) is 16.5 Å². The van der Waals surface area contributed by atoms with Crippen LogP contribution in [0.4, 0.5) is 10.2 Å². The molecule has 1 amide bonds. The summed E-state index contributed by atoms with van der Waals surface area (Å²) in [5, 5.41) is 0. The number of carbonyl (C=O) groups is 1. The molecule has 0 bridgehead atoms. The minimum Gasteiger partial charge on any atom is -0.426 e. The molecule has 0 radical (unpaired) electrons. The summed E-state index contributed by atoms with van der Waals surface area (Å²) in [4.78, 5) is 15.4. The number of para-hydroxylation sites is 1. The first-order valence-electron chi connectivity index (χ1n) is 8.98. The molecule has 4 N–H and O–H groups in total. The SMILES string of the molecule is N/C=N\c1c(C(N)=O)c(F)cn1C1CCC(COP2OCc3ccccc3O2)O1. The Bertz CT molecular complexity index is 937. The number of rotatable bonds is 6. The predicted molar refractivity (Wildman–Crippen MR) is 103 cm³/mol. The van der Waals surface area contributed by atoms with Crippen LogP contribution in [0.3, 0.4) is 0 Å². The van der Waals surface area contributed by atoms with E-state index in [9.17, 15) is 9.18 Å². The number of amides is 1. The van der Waals surface area contributed by atoms with Gasteiger partial charge in [0.2, 0.25) is 0 Å². The van der Waals surface area contributed by atoms with Crippen LogP contribution >= 0.6 is 8.60 Å². The highest BCUT2D eigenvalue weighted by molar-refractivity contribution is 7.42. The van der Waals surface area contributed by atoms with Crippen LogP contribution in [0, 0.1) is 5.82 Å². The Hall–Kier alpha value is -2.52. The fraction of sp³-hybridized carbons (Fsp3) is 0.333. The van der Waals surface area contributed by atoms with Crippen molar-refractivity contribution >= 4 is 26.7 Å². The average molecular weight is 422 g/mol. The zero-order valence-corrected chi connectivity index (χ0v) is 16.3. The first kappa shape index (κ1) is 19.8. The van der Waals surface area contributed by atoms with E-state index in [1.807, 2.05) is 24.3 Å². The number of ether oxygens (including phenoxy) is 1. The lowest BCUT2D eigenvalue weighted by atomic mass is 10.2. The van der Waals surface area contributed by atoms with Crippen LogP contribution < -0.4 is 16.0 Å². The van der Waals surface area contributed by atoms with E-state index in [-0.39, 0.29) is 24.1 Å². The van der Waals surface area contributed by atoms with Gasteiger partial charge in [-0.15, -0.1) is 0 Å². The molecule has 2 aliphatic heterocycles. The molecular weight excluding hydrogens is 402 g/mol. The van der Waals surface area contributed by atoms with Crippen molar-refractivity contribution in [2.75, 3.05) is 6.61 Å². The monoisotopic (exact) mass is 422 g/mol. The molecule has 154 valence electrons. The molecule has 1 aromatic carbocycles. The lowest BCUT2D eigenvalue weighted by Gasteiger charge is -2.24. The molecule has 3 atom stereocenters. The fourth-order valence-corrected chi connectivity index (χ4v) is 4.35. The second-order valence-corrected chi connectivity index (χ2v) is 7.65. The second-order valence-electron chi connectivity index (χ2n) is 6.51. The first-order valence-corrected chi connectivity index (χ1v) is 10.1. The van der Waals surface area contributed by atoms with E-state index < -0.39 is 26.6 Å². The molecule has 1 saturated heterocycles. The number of aliphatic imine (C=N–C) groups is 1. The summed E-state index contributed by atoms with van der Waals surface area (Å²) in [5.74, 6) is -0.910. The maximum atomic E-state index is 14.2. The Morgan fingerprint density at radius 2 is 2.24 bits per heavy atom. The summed E-state index contributed by atoms with van der Waals surface area (Å²) in [5.41, 5.74) is 11.2. The Morgan fingerprint density at radius 3 is 3.03 bits per heavy atom. The van der Waals surface area contributed by atoms with E-state index in [4.69, 9.17) is 29.8 Å². The number of aromatic nitrogens is 1. The van der Waals surface area contributed by atoms with Crippen LogP contribution in [0.1, 0.15) is 35.0 Å². The summed E-state index contributed by atoms with van der Waals surface area (Å²) in [6, 6.07) is 7.61. The Morgan fingerprint density at radius 1 is 1.41 bits per heavy atom. The lowest BCUT2D eigenvalue weighted by molar-refractivity contribution is -0.0198. The van der Waals surface area contributed by atoms with Gasteiger partial charge in [-0.1, -0.05) is 18.2 Å². The van der Waals surface area contributed by atoms with Crippen LogP contribution in [0.2, 0.25) is 0 Å². The fourth-order valence-electron chi connectivity index (χ4n) is 3.30. The van der Waals surface area contributed by atoms with E-state index in [2.05, 4.69) is 4.99 Å². The zero-order chi connectivity index (χ0) is 20.4. The van der Waals surface area contributed by atoms with Gasteiger partial charge in [-0.25, -0.2) is 9.38 Å². The third kappa shape index (κ3) is 4.11. The molecule has 2 aromatic rings. The van der Waals surface area contributed by atoms with Gasteiger partial charge < -0.3 is 25.3 Å². The Kier molecular flexibility index (Phi) is 5.77. The van der Waals surface area contributed by atoms with E-state index >= 15 is 0 Å². The van der Waals surface area contributed by atoms with E-state index in [1.165, 1.54) is 4.57 Å². The number of benzene rings is 1. The third-order valence-electron chi connectivity index (χ3n) is 4.63. The summed E-state index contributed by atoms with van der Waals surface area (Å²) >= 11 is 0. The van der Waals surface area contributed by atoms with Gasteiger partial charge in [0.1, 0.15) is 17.5 Å². The molecule has 4 rings (SSSR count). The number of hydrogen-bond donors (Lipinski definition) is 2. The minimum absolute atomic E-state index is 0.0315. The number of nitrogens with two attached hydrogens (primary N) is 2. The minimum atomic E-state index is -1.51. The van der Waals surface area contributed by atoms with Gasteiger partial charge in [0.05, 0.1) is 25.7 Å². The molecule has 0 aliphatic carbocycles. The largest absolute Gasteiger partial charge is 0.426 e. The molecule has 1 aromatic heterocycles. The average Bonchev–Trinajstić information content (AvgIpc) is 3.31. The van der Waals surface area contributed by atoms with Crippen molar-refractivity contribution in [1.29, 1.82) is 0 Å². The van der Waals surface area contributed by atoms with Gasteiger partial charge >= 0.3 is 8.60 Å². The van der Waals surface area contributed by atoms with Gasteiger partial charge in [-0.2, -0.15) is 0 Å².